The van der Waals surface area contributed by atoms with E-state index < -0.39 is 6.23 Å². The van der Waals surface area contributed by atoms with Crippen molar-refractivity contribution in [2.45, 2.75) is 38.3 Å². The molecule has 3 aromatic rings. The van der Waals surface area contributed by atoms with Gasteiger partial charge in [-0.2, -0.15) is 0 Å². The van der Waals surface area contributed by atoms with Crippen molar-refractivity contribution in [2.75, 3.05) is 32.6 Å². The van der Waals surface area contributed by atoms with Gasteiger partial charge in [0.25, 0.3) is 0 Å². The number of aryl methyl sites for hydroxylation is 1. The molecule has 6 heteroatoms. The molecule has 1 aliphatic rings. The fourth-order valence-corrected chi connectivity index (χ4v) is 4.35. The molecule has 1 atom stereocenters. The van der Waals surface area contributed by atoms with Gasteiger partial charge >= 0.3 is 0 Å². The molecule has 0 bridgehead atoms. The Morgan fingerprint density at radius 2 is 1.85 bits per heavy atom. The van der Waals surface area contributed by atoms with Crippen LogP contribution in [0.3, 0.4) is 0 Å². The lowest BCUT2D eigenvalue weighted by Gasteiger charge is -2.21. The second-order valence-electron chi connectivity index (χ2n) is 8.29. The monoisotopic (exact) mass is 447 g/mol. The van der Waals surface area contributed by atoms with E-state index in [0.717, 1.165) is 36.9 Å². The van der Waals surface area contributed by atoms with Gasteiger partial charge in [0, 0.05) is 23.3 Å². The maximum absolute atomic E-state index is 10.3. The number of fused-ring (bicyclic) bond motifs is 2. The minimum absolute atomic E-state index is 0.666. The van der Waals surface area contributed by atoms with Crippen LogP contribution in [0, 0.1) is 0 Å². The van der Waals surface area contributed by atoms with Crippen LogP contribution in [-0.2, 0) is 12.8 Å². The van der Waals surface area contributed by atoms with Gasteiger partial charge in [-0.05, 0) is 74.1 Å². The van der Waals surface area contributed by atoms with Gasteiger partial charge in [0.2, 0.25) is 0 Å². The number of hydrogen-bond acceptors (Lipinski definition) is 6. The van der Waals surface area contributed by atoms with E-state index in [1.807, 2.05) is 24.3 Å². The van der Waals surface area contributed by atoms with Gasteiger partial charge in [-0.3, -0.25) is 10.3 Å². The van der Waals surface area contributed by atoms with E-state index >= 15 is 0 Å². The zero-order valence-electron chi connectivity index (χ0n) is 19.4. The summed E-state index contributed by atoms with van der Waals surface area (Å²) in [7, 11) is 3.22. The minimum atomic E-state index is -0.715. The second kappa shape index (κ2) is 11.2. The molecule has 2 aromatic carbocycles. The van der Waals surface area contributed by atoms with Gasteiger partial charge in [0.15, 0.2) is 11.5 Å². The fraction of sp³-hybridized carbons (Fsp3) is 0.370. The van der Waals surface area contributed by atoms with Gasteiger partial charge in [-0.15, -0.1) is 0 Å². The first kappa shape index (κ1) is 23.1. The molecule has 0 spiro atoms. The summed E-state index contributed by atoms with van der Waals surface area (Å²) in [4.78, 5) is 4.90. The average molecular weight is 448 g/mol. The van der Waals surface area contributed by atoms with Gasteiger partial charge in [0.05, 0.1) is 19.7 Å². The number of nitrogens with zero attached hydrogens (tertiary/aromatic N) is 1. The van der Waals surface area contributed by atoms with Gasteiger partial charge in [-0.1, -0.05) is 30.3 Å². The molecule has 174 valence electrons. The molecule has 6 nitrogen and oxygen atoms in total. The molecule has 0 saturated heterocycles. The Morgan fingerprint density at radius 1 is 1.03 bits per heavy atom. The third kappa shape index (κ3) is 5.64. The van der Waals surface area contributed by atoms with E-state index in [9.17, 15) is 5.11 Å². The zero-order valence-corrected chi connectivity index (χ0v) is 19.4. The lowest BCUT2D eigenvalue weighted by atomic mass is 9.92. The number of hydrogen-bond donors (Lipinski definition) is 3. The predicted octanol–water partition coefficient (Wildman–Crippen LogP) is 4.55. The topological polar surface area (TPSA) is 75.6 Å². The summed E-state index contributed by atoms with van der Waals surface area (Å²) in [5.41, 5.74) is 5.87. The number of benzene rings is 2. The Balaban J connectivity index is 1.29. The van der Waals surface area contributed by atoms with Crippen molar-refractivity contribution >= 4 is 22.7 Å². The van der Waals surface area contributed by atoms with Crippen LogP contribution in [0.2, 0.25) is 0 Å². The Morgan fingerprint density at radius 3 is 2.70 bits per heavy atom. The molecule has 1 aromatic heterocycles. The molecular weight excluding hydrogens is 414 g/mol. The van der Waals surface area contributed by atoms with Crippen molar-refractivity contribution < 1.29 is 14.6 Å². The van der Waals surface area contributed by atoms with Crippen LogP contribution in [0.15, 0.2) is 48.5 Å². The van der Waals surface area contributed by atoms with Crippen molar-refractivity contribution in [3.8, 4) is 11.5 Å². The Labute approximate surface area is 195 Å². The summed E-state index contributed by atoms with van der Waals surface area (Å²) in [5, 5.41) is 18.3. The third-order valence-electron chi connectivity index (χ3n) is 6.06. The van der Waals surface area contributed by atoms with Gasteiger partial charge < -0.3 is 19.9 Å². The molecule has 0 radical (unpaired) electrons. The SMILES string of the molecule is COc1ccc(/C=C/C(O)NCCCNc2c3c(nc4ccccc24)CCCC3)cc1OC. The average Bonchev–Trinajstić information content (AvgIpc) is 2.86. The van der Waals surface area contributed by atoms with Gasteiger partial charge in [0.1, 0.15) is 6.23 Å². The molecule has 0 saturated carbocycles. The van der Waals surface area contributed by atoms with Crippen molar-refractivity contribution in [3.05, 3.63) is 65.4 Å². The minimum Gasteiger partial charge on any atom is -0.493 e. The Bertz CT molecular complexity index is 1110. The number of para-hydroxylation sites is 1. The summed E-state index contributed by atoms with van der Waals surface area (Å²) in [5.74, 6) is 1.35. The number of nitrogens with one attached hydrogen (secondary N) is 2. The molecule has 4 rings (SSSR count). The maximum atomic E-state index is 10.3. The lowest BCUT2D eigenvalue weighted by molar-refractivity contribution is 0.186. The van der Waals surface area contributed by atoms with Crippen LogP contribution in [0.5, 0.6) is 11.5 Å². The van der Waals surface area contributed by atoms with Crippen LogP contribution in [0.1, 0.15) is 36.1 Å². The highest BCUT2D eigenvalue weighted by Gasteiger charge is 2.17. The molecule has 0 aliphatic heterocycles. The lowest BCUT2D eigenvalue weighted by Crippen LogP contribution is -2.28. The van der Waals surface area contributed by atoms with Crippen molar-refractivity contribution in [2.24, 2.45) is 0 Å². The summed E-state index contributed by atoms with van der Waals surface area (Å²) in [6.07, 6.45) is 8.38. The van der Waals surface area contributed by atoms with E-state index in [-0.39, 0.29) is 0 Å². The zero-order chi connectivity index (χ0) is 23.0. The fourth-order valence-electron chi connectivity index (χ4n) is 4.35. The number of ether oxygens (including phenoxy) is 2. The number of anilines is 1. The molecule has 0 amide bonds. The largest absolute Gasteiger partial charge is 0.493 e. The number of aliphatic hydroxyl groups is 1. The summed E-state index contributed by atoms with van der Waals surface area (Å²) >= 11 is 0. The third-order valence-corrected chi connectivity index (χ3v) is 6.06. The number of methoxy groups -OCH3 is 2. The Kier molecular flexibility index (Phi) is 7.81. The highest BCUT2D eigenvalue weighted by molar-refractivity contribution is 5.93. The highest BCUT2D eigenvalue weighted by Crippen LogP contribution is 2.33. The maximum Gasteiger partial charge on any atom is 0.161 e. The number of rotatable bonds is 10. The molecule has 3 N–H and O–H groups in total. The number of aliphatic hydroxyl groups excluding tert-OH is 1. The van der Waals surface area contributed by atoms with Crippen molar-refractivity contribution in [1.82, 2.24) is 10.3 Å². The second-order valence-corrected chi connectivity index (χ2v) is 8.29. The van der Waals surface area contributed by atoms with E-state index in [4.69, 9.17) is 14.5 Å². The normalized spacial score (nSPS) is 14.3. The van der Waals surface area contributed by atoms with E-state index in [0.29, 0.717) is 18.0 Å². The first-order chi connectivity index (χ1) is 16.2. The van der Waals surface area contributed by atoms with Crippen LogP contribution in [-0.4, -0.2) is 43.6 Å². The van der Waals surface area contributed by atoms with Crippen LogP contribution < -0.4 is 20.1 Å². The quantitative estimate of drug-likeness (QED) is 0.313. The number of aromatic nitrogens is 1. The van der Waals surface area contributed by atoms with E-state index in [2.05, 4.69) is 34.9 Å². The Hall–Kier alpha value is -3.09. The predicted molar refractivity (Wildman–Crippen MR) is 134 cm³/mol. The van der Waals surface area contributed by atoms with Crippen molar-refractivity contribution in [3.63, 3.8) is 0 Å². The van der Waals surface area contributed by atoms with Crippen molar-refractivity contribution in [1.29, 1.82) is 0 Å². The first-order valence-corrected chi connectivity index (χ1v) is 11.7. The van der Waals surface area contributed by atoms with Crippen LogP contribution >= 0.6 is 0 Å². The molecule has 33 heavy (non-hydrogen) atoms. The van der Waals surface area contributed by atoms with E-state index in [1.54, 1.807) is 20.3 Å². The van der Waals surface area contributed by atoms with Crippen LogP contribution in [0.25, 0.3) is 17.0 Å². The molecule has 0 fully saturated rings. The van der Waals surface area contributed by atoms with Gasteiger partial charge in [-0.25, -0.2) is 0 Å². The molecular formula is C27H33N3O3. The van der Waals surface area contributed by atoms with E-state index in [1.165, 1.54) is 35.2 Å². The molecule has 1 unspecified atom stereocenters. The van der Waals surface area contributed by atoms with Crippen LogP contribution in [0.4, 0.5) is 5.69 Å². The summed E-state index contributed by atoms with van der Waals surface area (Å²) in [6.45, 7) is 1.54. The standard InChI is InChI=1S/C27H33N3O3/c1-32-24-14-12-19(18-25(24)33-2)13-15-26(31)28-16-7-17-29-27-20-8-3-5-10-22(20)30-23-11-6-4-9-21(23)27/h3,5,8,10,12-15,18,26,28,31H,4,6-7,9,11,16-17H2,1-2H3,(H,29,30)/b15-13+. The smallest absolute Gasteiger partial charge is 0.161 e. The number of pyridine rings is 1. The highest BCUT2D eigenvalue weighted by atomic mass is 16.5. The molecule has 1 aliphatic carbocycles. The molecule has 1 heterocycles. The summed E-state index contributed by atoms with van der Waals surface area (Å²) < 4.78 is 10.6. The summed E-state index contributed by atoms with van der Waals surface area (Å²) in [6, 6.07) is 14.0. The first-order valence-electron chi connectivity index (χ1n) is 11.7.